The van der Waals surface area contributed by atoms with E-state index in [1.807, 2.05) is 60.7 Å². The summed E-state index contributed by atoms with van der Waals surface area (Å²) in [6.07, 6.45) is 0. The Hall–Kier alpha value is -1.55. The van der Waals surface area contributed by atoms with Crippen molar-refractivity contribution in [2.45, 2.75) is 0 Å². The molecule has 0 saturated carbocycles. The second kappa shape index (κ2) is 10.1. The van der Waals surface area contributed by atoms with Gasteiger partial charge in [0.25, 0.3) is 0 Å². The van der Waals surface area contributed by atoms with Gasteiger partial charge in [-0.05, 0) is 75.1 Å². The minimum absolute atomic E-state index is 0. The van der Waals surface area contributed by atoms with E-state index in [1.165, 1.54) is 0 Å². The van der Waals surface area contributed by atoms with E-state index in [2.05, 4.69) is 48.5 Å². The summed E-state index contributed by atoms with van der Waals surface area (Å²) < 4.78 is 0. The van der Waals surface area contributed by atoms with Crippen molar-refractivity contribution in [2.75, 3.05) is 0 Å². The predicted octanol–water partition coefficient (Wildman–Crippen LogP) is 1.49. The van der Waals surface area contributed by atoms with Gasteiger partial charge in [0.15, 0.2) is 0 Å². The quantitative estimate of drug-likeness (QED) is 0.168. The average molecular weight is 537 g/mol. The van der Waals surface area contributed by atoms with E-state index in [0.717, 1.165) is 75.1 Å². The van der Waals surface area contributed by atoms with E-state index in [1.54, 1.807) is 0 Å². The van der Waals surface area contributed by atoms with Crippen molar-refractivity contribution in [1.82, 2.24) is 0 Å². The fraction of sp³-hybridized carbons (Fsp3) is 0. The summed E-state index contributed by atoms with van der Waals surface area (Å²) in [7, 11) is 0. The Kier molecular flexibility index (Phi) is 7.11. The largest absolute Gasteiger partial charge is 1.00 e. The number of benzene rings is 8. The van der Waals surface area contributed by atoms with E-state index in [-0.39, 0.29) is 114 Å². The first-order valence-corrected chi connectivity index (χ1v) is 12.1. The molecule has 0 bridgehead atoms. The molecule has 4 heteroatoms. The molecule has 0 amide bonds. The van der Waals surface area contributed by atoms with Crippen LogP contribution in [0, 0.1) is 10.4 Å². The number of rotatable bonds is 0. The molecule has 8 aromatic rings. The fourth-order valence-corrected chi connectivity index (χ4v) is 6.23. The van der Waals surface area contributed by atoms with Gasteiger partial charge in [-0.3, -0.25) is 0 Å². The normalized spacial score (nSPS) is 12.4. The van der Waals surface area contributed by atoms with Crippen LogP contribution in [-0.2, 0) is 0 Å². The Labute approximate surface area is 303 Å². The molecule has 0 aliphatic heterocycles. The third-order valence-electron chi connectivity index (χ3n) is 7.78. The van der Waals surface area contributed by atoms with Crippen LogP contribution in [0.1, 0.15) is 0 Å². The van der Waals surface area contributed by atoms with Gasteiger partial charge in [-0.25, -0.2) is 0 Å². The van der Waals surface area contributed by atoms with Crippen molar-refractivity contribution in [1.29, 1.82) is 0 Å². The van der Waals surface area contributed by atoms with Crippen LogP contribution < -0.4 is 113 Å². The monoisotopic (exact) mass is 536 g/mol. The standard InChI is InChI=1S/C34H20O2.2K/c35-33-27-9-3-1-7-19(27)23-11-5-13-25-21(15-17-29(33)31(23)25)22-16-18-30-32-24(12-6-14-26(22)32)20-8-2-4-10-28(20)34(30)36;;/h1-18,35-36H;;/q;2*+1/p-2/b22-21+;;. The van der Waals surface area contributed by atoms with E-state index >= 15 is 0 Å². The summed E-state index contributed by atoms with van der Waals surface area (Å²) in [5.74, 6) is 0.139. The molecule has 0 N–H and O–H groups in total. The molecule has 0 unspecified atom stereocenters. The van der Waals surface area contributed by atoms with Crippen molar-refractivity contribution < 1.29 is 113 Å². The van der Waals surface area contributed by atoms with Gasteiger partial charge in [0, 0.05) is 0 Å². The second-order valence-corrected chi connectivity index (χ2v) is 9.53. The van der Waals surface area contributed by atoms with E-state index in [4.69, 9.17) is 0 Å². The van der Waals surface area contributed by atoms with Crippen LogP contribution >= 0.6 is 0 Å². The summed E-state index contributed by atoms with van der Waals surface area (Å²) in [5.41, 5.74) is 0. The molecule has 38 heavy (non-hydrogen) atoms. The summed E-state index contributed by atoms with van der Waals surface area (Å²) in [6, 6.07) is 36.3. The molecule has 0 aliphatic carbocycles. The molecular formula is C34H18K2O2. The van der Waals surface area contributed by atoms with Crippen molar-refractivity contribution in [3.8, 4) is 11.5 Å². The van der Waals surface area contributed by atoms with Crippen molar-refractivity contribution in [3.63, 3.8) is 0 Å². The van der Waals surface area contributed by atoms with Gasteiger partial charge in [0.1, 0.15) is 0 Å². The molecule has 2 nitrogen and oxygen atoms in total. The van der Waals surface area contributed by atoms with Crippen molar-refractivity contribution >= 4 is 64.6 Å². The Morgan fingerprint density at radius 1 is 0.289 bits per heavy atom. The van der Waals surface area contributed by atoms with Crippen LogP contribution in [0.3, 0.4) is 0 Å². The third-order valence-corrected chi connectivity index (χ3v) is 7.78. The second-order valence-electron chi connectivity index (χ2n) is 9.53. The van der Waals surface area contributed by atoms with E-state index in [0.29, 0.717) is 0 Å². The molecule has 0 radical (unpaired) electrons. The molecule has 0 aromatic heterocycles. The van der Waals surface area contributed by atoms with Gasteiger partial charge in [-0.2, -0.15) is 0 Å². The zero-order valence-electron chi connectivity index (χ0n) is 21.2. The van der Waals surface area contributed by atoms with Crippen LogP contribution in [0.4, 0.5) is 0 Å². The minimum atomic E-state index is 0. The number of hydrogen-bond acceptors (Lipinski definition) is 2. The molecule has 8 rings (SSSR count). The van der Waals surface area contributed by atoms with Gasteiger partial charge in [-0.1, -0.05) is 121 Å². The maximum Gasteiger partial charge on any atom is 1.00 e. The molecule has 0 heterocycles. The molecule has 168 valence electrons. The van der Waals surface area contributed by atoms with Crippen LogP contribution in [0.15, 0.2) is 109 Å². The van der Waals surface area contributed by atoms with Crippen LogP contribution in [-0.4, -0.2) is 0 Å². The molecule has 0 saturated heterocycles. The fourth-order valence-electron chi connectivity index (χ4n) is 6.23. The Morgan fingerprint density at radius 3 is 1.05 bits per heavy atom. The molecule has 0 spiro atoms. The van der Waals surface area contributed by atoms with Crippen LogP contribution in [0.2, 0.25) is 0 Å². The maximum atomic E-state index is 13.4. The molecule has 0 fully saturated rings. The topological polar surface area (TPSA) is 46.1 Å². The summed E-state index contributed by atoms with van der Waals surface area (Å²) >= 11 is 0. The predicted molar refractivity (Wildman–Crippen MR) is 146 cm³/mol. The Bertz CT molecular complexity index is 2130. The average Bonchev–Trinajstić information content (AvgIpc) is 2.94. The SMILES string of the molecule is [K+].[K+].[O-]c1c2ccccc2c2cccc3/c(=c4\ccc5c([O-])c6ccccc6c6cccc4c56)ccc1c32. The van der Waals surface area contributed by atoms with Crippen molar-refractivity contribution in [3.05, 3.63) is 120 Å². The van der Waals surface area contributed by atoms with Gasteiger partial charge in [0.2, 0.25) is 0 Å². The first kappa shape index (κ1) is 26.7. The summed E-state index contributed by atoms with van der Waals surface area (Å²) in [4.78, 5) is 0. The van der Waals surface area contributed by atoms with Gasteiger partial charge >= 0.3 is 103 Å². The smallest absolute Gasteiger partial charge is 0.872 e. The maximum absolute atomic E-state index is 13.4. The molecule has 8 aromatic carbocycles. The molecular weight excluding hydrogens is 519 g/mol. The zero-order chi connectivity index (χ0) is 24.0. The summed E-state index contributed by atoms with van der Waals surface area (Å²) in [6.45, 7) is 0. The van der Waals surface area contributed by atoms with Crippen LogP contribution in [0.5, 0.6) is 11.5 Å². The van der Waals surface area contributed by atoms with E-state index in [9.17, 15) is 10.2 Å². The summed E-state index contributed by atoms with van der Waals surface area (Å²) in [5, 5.41) is 40.2. The minimum Gasteiger partial charge on any atom is -0.872 e. The van der Waals surface area contributed by atoms with Crippen LogP contribution in [0.25, 0.3) is 64.6 Å². The number of hydrogen-bond donors (Lipinski definition) is 0. The molecule has 0 aliphatic rings. The molecule has 0 atom stereocenters. The van der Waals surface area contributed by atoms with Crippen molar-refractivity contribution in [2.24, 2.45) is 0 Å². The van der Waals surface area contributed by atoms with Gasteiger partial charge in [-0.15, -0.1) is 0 Å². The number of fused-ring (bicyclic) bond motifs is 4. The first-order chi connectivity index (χ1) is 17.7. The third kappa shape index (κ3) is 3.67. The Balaban J connectivity index is 0.00000132. The first-order valence-electron chi connectivity index (χ1n) is 12.1. The van der Waals surface area contributed by atoms with E-state index < -0.39 is 0 Å². The zero-order valence-corrected chi connectivity index (χ0v) is 27.5. The Morgan fingerprint density at radius 2 is 0.632 bits per heavy atom. The van der Waals surface area contributed by atoms with Gasteiger partial charge in [0.05, 0.1) is 0 Å². The van der Waals surface area contributed by atoms with Gasteiger partial charge < -0.3 is 10.2 Å².